The molecule has 0 bridgehead atoms. The molecule has 0 N–H and O–H groups in total. The largest absolute Gasteiger partial charge is 0.368 e. The van der Waals surface area contributed by atoms with Crippen LogP contribution in [0.4, 0.5) is 5.69 Å². The Labute approximate surface area is 157 Å². The molecule has 1 saturated heterocycles. The zero-order valence-electron chi connectivity index (χ0n) is 15.8. The Balaban J connectivity index is 1.50. The van der Waals surface area contributed by atoms with E-state index >= 15 is 0 Å². The quantitative estimate of drug-likeness (QED) is 0.684. The van der Waals surface area contributed by atoms with E-state index in [0.717, 1.165) is 38.2 Å². The van der Waals surface area contributed by atoms with Crippen LogP contribution < -0.4 is 4.90 Å². The number of benzene rings is 2. The lowest BCUT2D eigenvalue weighted by molar-refractivity contribution is 0.0747. The zero-order chi connectivity index (χ0) is 18.2. The summed E-state index contributed by atoms with van der Waals surface area (Å²) >= 11 is 0. The summed E-state index contributed by atoms with van der Waals surface area (Å²) in [5.74, 6) is 0.156. The summed E-state index contributed by atoms with van der Waals surface area (Å²) in [6.07, 6.45) is 6.22. The number of aryl methyl sites for hydroxylation is 1. The Hall–Kier alpha value is -2.29. The van der Waals surface area contributed by atoms with Crippen LogP contribution in [-0.4, -0.2) is 37.0 Å². The first kappa shape index (κ1) is 18.5. The van der Waals surface area contributed by atoms with Gasteiger partial charge < -0.3 is 9.80 Å². The minimum atomic E-state index is 0.156. The summed E-state index contributed by atoms with van der Waals surface area (Å²) in [7, 11) is 0. The smallest absolute Gasteiger partial charge is 0.253 e. The molecule has 1 amide bonds. The van der Waals surface area contributed by atoms with Crippen molar-refractivity contribution in [3.05, 3.63) is 65.7 Å². The summed E-state index contributed by atoms with van der Waals surface area (Å²) in [6, 6.07) is 19.3. The maximum Gasteiger partial charge on any atom is 0.253 e. The molecule has 137 valence electrons. The van der Waals surface area contributed by atoms with Crippen LogP contribution in [0.15, 0.2) is 48.5 Å². The van der Waals surface area contributed by atoms with Crippen LogP contribution in [-0.2, 0) is 6.42 Å². The normalized spacial score (nSPS) is 14.5. The number of carbonyl (C=O) groups excluding carboxylic acids is 1. The van der Waals surface area contributed by atoms with Crippen LogP contribution >= 0.6 is 0 Å². The third kappa shape index (κ3) is 4.87. The van der Waals surface area contributed by atoms with Gasteiger partial charge in [-0.1, -0.05) is 50.5 Å². The Morgan fingerprint density at radius 1 is 0.923 bits per heavy atom. The molecular formula is C23H29N2O. The number of hydrogen-bond acceptors (Lipinski definition) is 2. The molecule has 1 fully saturated rings. The molecule has 3 rings (SSSR count). The highest BCUT2D eigenvalue weighted by Gasteiger charge is 2.22. The summed E-state index contributed by atoms with van der Waals surface area (Å²) in [6.45, 7) is 5.54. The minimum absolute atomic E-state index is 0.156. The Morgan fingerprint density at radius 3 is 2.27 bits per heavy atom. The topological polar surface area (TPSA) is 23.6 Å². The van der Waals surface area contributed by atoms with Crippen molar-refractivity contribution in [1.29, 1.82) is 0 Å². The molecule has 3 nitrogen and oxygen atoms in total. The van der Waals surface area contributed by atoms with Gasteiger partial charge in [0.25, 0.3) is 5.91 Å². The van der Waals surface area contributed by atoms with Crippen molar-refractivity contribution in [3.8, 4) is 0 Å². The predicted molar refractivity (Wildman–Crippen MR) is 108 cm³/mol. The lowest BCUT2D eigenvalue weighted by atomic mass is 10.0. The lowest BCUT2D eigenvalue weighted by Gasteiger charge is -2.36. The van der Waals surface area contributed by atoms with Crippen molar-refractivity contribution < 1.29 is 4.79 Å². The van der Waals surface area contributed by atoms with E-state index in [-0.39, 0.29) is 5.91 Å². The van der Waals surface area contributed by atoms with Gasteiger partial charge in [-0.15, -0.1) is 0 Å². The Kier molecular flexibility index (Phi) is 6.70. The van der Waals surface area contributed by atoms with Crippen molar-refractivity contribution in [2.24, 2.45) is 0 Å². The molecule has 0 aliphatic carbocycles. The van der Waals surface area contributed by atoms with Crippen LogP contribution in [0.2, 0.25) is 0 Å². The third-order valence-corrected chi connectivity index (χ3v) is 5.15. The number of carbonyl (C=O) groups is 1. The number of amides is 1. The molecule has 0 unspecified atom stereocenters. The molecule has 0 saturated carbocycles. The first-order chi connectivity index (χ1) is 12.8. The number of nitrogens with zero attached hydrogens (tertiary/aromatic N) is 2. The van der Waals surface area contributed by atoms with Crippen molar-refractivity contribution in [2.75, 3.05) is 31.1 Å². The van der Waals surface area contributed by atoms with Gasteiger partial charge in [0.15, 0.2) is 0 Å². The highest BCUT2D eigenvalue weighted by atomic mass is 16.2. The third-order valence-electron chi connectivity index (χ3n) is 5.15. The molecule has 2 aromatic carbocycles. The van der Waals surface area contributed by atoms with E-state index in [9.17, 15) is 4.79 Å². The highest BCUT2D eigenvalue weighted by molar-refractivity contribution is 5.94. The van der Waals surface area contributed by atoms with Gasteiger partial charge in [-0.3, -0.25) is 4.79 Å². The van der Waals surface area contributed by atoms with E-state index in [4.69, 9.17) is 0 Å². The first-order valence-corrected chi connectivity index (χ1v) is 9.87. The second-order valence-corrected chi connectivity index (χ2v) is 7.05. The number of hydrogen-bond donors (Lipinski definition) is 0. The van der Waals surface area contributed by atoms with Crippen molar-refractivity contribution in [3.63, 3.8) is 0 Å². The molecule has 2 aromatic rings. The summed E-state index contributed by atoms with van der Waals surface area (Å²) < 4.78 is 0. The van der Waals surface area contributed by atoms with Crippen molar-refractivity contribution >= 4 is 11.6 Å². The average Bonchev–Trinajstić information content (AvgIpc) is 2.72. The molecule has 1 aliphatic heterocycles. The van der Waals surface area contributed by atoms with Gasteiger partial charge >= 0.3 is 0 Å². The van der Waals surface area contributed by atoms with Gasteiger partial charge in [-0.2, -0.15) is 0 Å². The van der Waals surface area contributed by atoms with Crippen LogP contribution in [0.5, 0.6) is 0 Å². The molecule has 0 aromatic heterocycles. The fourth-order valence-corrected chi connectivity index (χ4v) is 3.51. The van der Waals surface area contributed by atoms with Gasteiger partial charge in [0.2, 0.25) is 0 Å². The summed E-state index contributed by atoms with van der Waals surface area (Å²) in [5, 5.41) is 0. The SMILES string of the molecule is CCCCCCc1ccc(C(=O)N2CCN(c3cc[c]cc3)CC2)cc1. The predicted octanol–water partition coefficient (Wildman–Crippen LogP) is 4.57. The second-order valence-electron chi connectivity index (χ2n) is 7.05. The minimum Gasteiger partial charge on any atom is -0.368 e. The van der Waals surface area contributed by atoms with Gasteiger partial charge in [0.05, 0.1) is 0 Å². The van der Waals surface area contributed by atoms with Crippen LogP contribution in [0.1, 0.15) is 48.5 Å². The fourth-order valence-electron chi connectivity index (χ4n) is 3.51. The van der Waals surface area contributed by atoms with Gasteiger partial charge in [0, 0.05) is 37.4 Å². The van der Waals surface area contributed by atoms with E-state index in [1.54, 1.807) is 0 Å². The molecule has 0 atom stereocenters. The van der Waals surface area contributed by atoms with Gasteiger partial charge in [0.1, 0.15) is 0 Å². The van der Waals surface area contributed by atoms with Gasteiger partial charge in [-0.05, 0) is 48.7 Å². The van der Waals surface area contributed by atoms with E-state index in [1.165, 1.54) is 36.9 Å². The molecule has 26 heavy (non-hydrogen) atoms. The molecule has 1 heterocycles. The molecule has 1 radical (unpaired) electrons. The molecule has 3 heteroatoms. The molecule has 1 aliphatic rings. The summed E-state index contributed by atoms with van der Waals surface area (Å²) in [5.41, 5.74) is 3.36. The van der Waals surface area contributed by atoms with Crippen LogP contribution in [0, 0.1) is 6.07 Å². The number of rotatable bonds is 7. The van der Waals surface area contributed by atoms with E-state index in [2.05, 4.69) is 42.2 Å². The van der Waals surface area contributed by atoms with E-state index in [1.807, 2.05) is 29.2 Å². The Bertz CT molecular complexity index is 673. The second kappa shape index (κ2) is 9.42. The van der Waals surface area contributed by atoms with Crippen molar-refractivity contribution in [1.82, 2.24) is 4.90 Å². The van der Waals surface area contributed by atoms with Gasteiger partial charge in [-0.25, -0.2) is 0 Å². The molecular weight excluding hydrogens is 320 g/mol. The maximum atomic E-state index is 12.8. The summed E-state index contributed by atoms with van der Waals surface area (Å²) in [4.78, 5) is 17.1. The monoisotopic (exact) mass is 349 g/mol. The fraction of sp³-hybridized carbons (Fsp3) is 0.435. The first-order valence-electron chi connectivity index (χ1n) is 9.87. The maximum absolute atomic E-state index is 12.8. The number of piperazine rings is 1. The molecule has 0 spiro atoms. The Morgan fingerprint density at radius 2 is 1.62 bits per heavy atom. The number of anilines is 1. The van der Waals surface area contributed by atoms with E-state index < -0.39 is 0 Å². The average molecular weight is 349 g/mol. The van der Waals surface area contributed by atoms with Crippen LogP contribution in [0.25, 0.3) is 0 Å². The zero-order valence-corrected chi connectivity index (χ0v) is 15.8. The number of unbranched alkanes of at least 4 members (excludes halogenated alkanes) is 3. The van der Waals surface area contributed by atoms with E-state index in [0.29, 0.717) is 0 Å². The highest BCUT2D eigenvalue weighted by Crippen LogP contribution is 2.17. The van der Waals surface area contributed by atoms with Crippen LogP contribution in [0.3, 0.4) is 0 Å². The van der Waals surface area contributed by atoms with Crippen molar-refractivity contribution in [2.45, 2.75) is 39.0 Å². The lowest BCUT2D eigenvalue weighted by Crippen LogP contribution is -2.48. The standard InChI is InChI=1S/C23H29N2O/c1-2-3-4-6-9-20-12-14-21(15-13-20)23(26)25-18-16-24(17-19-25)22-10-7-5-8-11-22/h7-8,10-15H,2-4,6,9,16-19H2,1H3.